The second-order valence-corrected chi connectivity index (χ2v) is 15.1. The van der Waals surface area contributed by atoms with E-state index in [4.69, 9.17) is 11.6 Å². The minimum atomic E-state index is -5.21. The third kappa shape index (κ3) is 6.27. The van der Waals surface area contributed by atoms with E-state index in [0.717, 1.165) is 11.3 Å². The fourth-order valence-electron chi connectivity index (χ4n) is 6.65. The molecule has 0 unspecified atom stereocenters. The molecular weight excluding hydrogens is 635 g/mol. The number of nitrogens with zero attached hydrogens (tertiary/aromatic N) is 2. The number of halogens is 4. The largest absolute Gasteiger partial charge is 0.471 e. The summed E-state index contributed by atoms with van der Waals surface area (Å²) in [5.74, 6) is -5.49. The molecule has 5 rings (SSSR count). The monoisotopic (exact) mass is 669 g/mol. The maximum Gasteiger partial charge on any atom is 0.471 e. The Morgan fingerprint density at radius 1 is 1.18 bits per heavy atom. The van der Waals surface area contributed by atoms with Crippen LogP contribution in [0.3, 0.4) is 0 Å². The van der Waals surface area contributed by atoms with E-state index >= 15 is 0 Å². The molecule has 0 spiro atoms. The molecule has 15 heteroatoms. The molecule has 244 valence electrons. The molecule has 3 fully saturated rings. The number of para-hydroxylation sites is 1. The van der Waals surface area contributed by atoms with E-state index < -0.39 is 59.1 Å². The van der Waals surface area contributed by atoms with Gasteiger partial charge in [0.25, 0.3) is 0 Å². The van der Waals surface area contributed by atoms with E-state index in [1.165, 1.54) is 25.7 Å². The minimum Gasteiger partial charge on any atom is -0.356 e. The summed E-state index contributed by atoms with van der Waals surface area (Å²) in [6.07, 6.45) is -4.76. The summed E-state index contributed by atoms with van der Waals surface area (Å²) in [5, 5.41) is 7.80. The average molecular weight is 670 g/mol. The van der Waals surface area contributed by atoms with Crippen molar-refractivity contribution in [3.8, 4) is 0 Å². The van der Waals surface area contributed by atoms with E-state index in [-0.39, 0.29) is 41.1 Å². The molecule has 0 radical (unpaired) electrons. The Balaban J connectivity index is 1.44. The number of piperidine rings is 1. The predicted molar refractivity (Wildman–Crippen MR) is 160 cm³/mol. The molecule has 1 aromatic heterocycles. The van der Waals surface area contributed by atoms with Crippen molar-refractivity contribution in [2.75, 3.05) is 13.1 Å². The number of ketones is 1. The fourth-order valence-corrected chi connectivity index (χ4v) is 7.91. The van der Waals surface area contributed by atoms with Gasteiger partial charge < -0.3 is 20.9 Å². The highest BCUT2D eigenvalue weighted by Gasteiger charge is 2.70. The van der Waals surface area contributed by atoms with Crippen LogP contribution < -0.4 is 16.0 Å². The first-order valence-electron chi connectivity index (χ1n) is 14.7. The SMILES string of the molecule is CC(C)(C)[C@H](NC(=O)C(F)(F)F)C(=O)N1C[C@H]2[C@@H]([C@H]1C(=O)N[C@@H](C[C@@H]1CCNC1=O)C(=O)c1nc3c(Cl)cccc3s1)C2(C)C. The zero-order valence-electron chi connectivity index (χ0n) is 25.4. The van der Waals surface area contributed by atoms with Gasteiger partial charge in [-0.15, -0.1) is 11.3 Å². The Hall–Kier alpha value is -3.26. The van der Waals surface area contributed by atoms with Crippen LogP contribution in [0.5, 0.6) is 0 Å². The van der Waals surface area contributed by atoms with Crippen LogP contribution in [0.1, 0.15) is 57.3 Å². The van der Waals surface area contributed by atoms with Crippen molar-refractivity contribution in [3.05, 3.63) is 28.2 Å². The van der Waals surface area contributed by atoms with Crippen molar-refractivity contribution in [1.29, 1.82) is 0 Å². The molecule has 2 aliphatic heterocycles. The lowest BCUT2D eigenvalue weighted by Crippen LogP contribution is -2.61. The number of hydrogen-bond donors (Lipinski definition) is 3. The number of Topliss-reactive ketones (excluding diaryl/α,β-unsaturated/α-hetero) is 1. The number of likely N-dealkylation sites (tertiary alicyclic amines) is 1. The van der Waals surface area contributed by atoms with Gasteiger partial charge in [0, 0.05) is 19.0 Å². The molecule has 3 heterocycles. The van der Waals surface area contributed by atoms with Gasteiger partial charge in [-0.25, -0.2) is 4.98 Å². The number of nitrogens with one attached hydrogen (secondary N) is 3. The van der Waals surface area contributed by atoms with E-state index in [1.54, 1.807) is 18.2 Å². The third-order valence-corrected chi connectivity index (χ3v) is 10.6. The average Bonchev–Trinajstić information content (AvgIpc) is 3.45. The van der Waals surface area contributed by atoms with Crippen molar-refractivity contribution in [2.24, 2.45) is 28.6 Å². The molecule has 10 nitrogen and oxygen atoms in total. The van der Waals surface area contributed by atoms with Gasteiger partial charge in [-0.1, -0.05) is 52.3 Å². The van der Waals surface area contributed by atoms with Crippen molar-refractivity contribution < 1.29 is 37.1 Å². The van der Waals surface area contributed by atoms with E-state index in [0.29, 0.717) is 28.2 Å². The molecule has 1 saturated carbocycles. The standard InChI is InChI=1S/C30H35ClF3N5O5S/c1-28(2,3)22(38-27(44)30(32,33)34)26(43)39-12-14-18(29(14,4)5)20(39)24(42)36-16(11-13-9-10-35-23(13)41)21(40)25-37-19-15(31)7-6-8-17(19)45-25/h6-8,13-14,16,18,20,22H,9-12H2,1-5H3,(H,35,41)(H,36,42)(H,38,44)/t13-,14-,16-,18-,20-,22+/m0/s1. The first kappa shape index (κ1) is 33.1. The van der Waals surface area contributed by atoms with Crippen LogP contribution in [-0.4, -0.2) is 76.7 Å². The number of fused-ring (bicyclic) bond motifs is 2. The zero-order chi connectivity index (χ0) is 33.2. The molecule has 3 aliphatic rings. The minimum absolute atomic E-state index is 0.00945. The van der Waals surface area contributed by atoms with Crippen LogP contribution in [0.25, 0.3) is 10.2 Å². The second kappa shape index (κ2) is 11.5. The third-order valence-electron chi connectivity index (χ3n) is 9.30. The molecule has 2 aromatic rings. The number of carbonyl (C=O) groups is 5. The van der Waals surface area contributed by atoms with Gasteiger partial charge in [0.2, 0.25) is 23.5 Å². The van der Waals surface area contributed by atoms with Gasteiger partial charge in [0.05, 0.1) is 15.8 Å². The second-order valence-electron chi connectivity index (χ2n) is 13.7. The van der Waals surface area contributed by atoms with Crippen LogP contribution in [-0.2, 0) is 19.2 Å². The summed E-state index contributed by atoms with van der Waals surface area (Å²) < 4.78 is 40.2. The normalized spacial score (nSPS) is 25.4. The van der Waals surface area contributed by atoms with Crippen LogP contribution >= 0.6 is 22.9 Å². The highest BCUT2D eigenvalue weighted by atomic mass is 35.5. The van der Waals surface area contributed by atoms with Crippen LogP contribution in [0.2, 0.25) is 5.02 Å². The topological polar surface area (TPSA) is 138 Å². The van der Waals surface area contributed by atoms with Gasteiger partial charge in [0.1, 0.15) is 17.6 Å². The highest BCUT2D eigenvalue weighted by Crippen LogP contribution is 2.65. The van der Waals surface area contributed by atoms with E-state index in [1.807, 2.05) is 19.2 Å². The molecule has 0 bridgehead atoms. The van der Waals surface area contributed by atoms with Crippen molar-refractivity contribution in [2.45, 2.75) is 71.8 Å². The molecule has 6 atom stereocenters. The molecule has 3 N–H and O–H groups in total. The quantitative estimate of drug-likeness (QED) is 0.367. The lowest BCUT2D eigenvalue weighted by Gasteiger charge is -2.38. The summed E-state index contributed by atoms with van der Waals surface area (Å²) in [7, 11) is 0. The van der Waals surface area contributed by atoms with Gasteiger partial charge in [-0.2, -0.15) is 13.2 Å². The maximum atomic E-state index is 14.1. The number of amides is 4. The Kier molecular flexibility index (Phi) is 8.48. The number of thiazole rings is 1. The van der Waals surface area contributed by atoms with Crippen molar-refractivity contribution in [3.63, 3.8) is 0 Å². The van der Waals surface area contributed by atoms with E-state index in [9.17, 15) is 37.1 Å². The van der Waals surface area contributed by atoms with Gasteiger partial charge in [0.15, 0.2) is 5.01 Å². The number of carbonyl (C=O) groups excluding carboxylic acids is 5. The molecule has 45 heavy (non-hydrogen) atoms. The first-order valence-corrected chi connectivity index (χ1v) is 15.9. The summed E-state index contributed by atoms with van der Waals surface area (Å²) in [6.45, 7) is 8.97. The zero-order valence-corrected chi connectivity index (χ0v) is 27.0. The summed E-state index contributed by atoms with van der Waals surface area (Å²) >= 11 is 7.37. The van der Waals surface area contributed by atoms with Gasteiger partial charge in [-0.3, -0.25) is 24.0 Å². The highest BCUT2D eigenvalue weighted by molar-refractivity contribution is 7.20. The van der Waals surface area contributed by atoms with Crippen LogP contribution in [0.4, 0.5) is 13.2 Å². The Labute approximate surface area is 266 Å². The van der Waals surface area contributed by atoms with Gasteiger partial charge >= 0.3 is 12.1 Å². The summed E-state index contributed by atoms with van der Waals surface area (Å²) in [6, 6.07) is 1.26. The molecule has 1 aliphatic carbocycles. The number of rotatable bonds is 8. The van der Waals surface area contributed by atoms with Crippen LogP contribution in [0, 0.1) is 28.6 Å². The first-order chi connectivity index (χ1) is 20.8. The number of alkyl halides is 3. The fraction of sp³-hybridized carbons (Fsp3) is 0.600. The van der Waals surface area contributed by atoms with Crippen LogP contribution in [0.15, 0.2) is 18.2 Å². The molecule has 1 aromatic carbocycles. The molecular formula is C30H35ClF3N5O5S. The Morgan fingerprint density at radius 3 is 2.44 bits per heavy atom. The smallest absolute Gasteiger partial charge is 0.356 e. The summed E-state index contributed by atoms with van der Waals surface area (Å²) in [5.41, 5.74) is -1.04. The molecule has 2 saturated heterocycles. The van der Waals surface area contributed by atoms with Crippen molar-refractivity contribution >= 4 is 62.6 Å². The summed E-state index contributed by atoms with van der Waals surface area (Å²) in [4.78, 5) is 71.9. The van der Waals surface area contributed by atoms with E-state index in [2.05, 4.69) is 15.6 Å². The molecule has 4 amide bonds. The maximum absolute atomic E-state index is 14.1. The predicted octanol–water partition coefficient (Wildman–Crippen LogP) is 3.72. The number of aromatic nitrogens is 1. The van der Waals surface area contributed by atoms with Gasteiger partial charge in [-0.05, 0) is 47.6 Å². The number of hydrogen-bond acceptors (Lipinski definition) is 7. The Morgan fingerprint density at radius 2 is 1.87 bits per heavy atom. The lowest BCUT2D eigenvalue weighted by molar-refractivity contribution is -0.176. The Bertz CT molecular complexity index is 1570. The van der Waals surface area contributed by atoms with Crippen molar-refractivity contribution in [1.82, 2.24) is 25.8 Å². The number of benzene rings is 1. The lowest BCUT2D eigenvalue weighted by atomic mass is 9.85.